The molecule has 0 unspecified atom stereocenters. The number of rotatable bonds is 8. The van der Waals surface area contributed by atoms with E-state index in [9.17, 15) is 4.79 Å². The molecule has 0 saturated carbocycles. The van der Waals surface area contributed by atoms with Crippen LogP contribution in [0.25, 0.3) is 0 Å². The smallest absolute Gasteiger partial charge is 0.305 e. The van der Waals surface area contributed by atoms with Gasteiger partial charge in [0.25, 0.3) is 0 Å². The molecule has 0 rings (SSSR count). The molecule has 0 heterocycles. The molecule has 0 aliphatic heterocycles. The summed E-state index contributed by atoms with van der Waals surface area (Å²) in [6.45, 7) is 2.29. The van der Waals surface area contributed by atoms with Crippen molar-refractivity contribution in [2.24, 2.45) is 0 Å². The second-order valence-electron chi connectivity index (χ2n) is 3.28. The summed E-state index contributed by atoms with van der Waals surface area (Å²) in [4.78, 5) is 11.0. The highest BCUT2D eigenvalue weighted by Crippen LogP contribution is 2.00. The summed E-state index contributed by atoms with van der Waals surface area (Å²) >= 11 is 0. The maximum absolute atomic E-state index is 11.0. The number of esters is 1. The summed E-state index contributed by atoms with van der Waals surface area (Å²) in [5.41, 5.74) is 0. The molecule has 16 heavy (non-hydrogen) atoms. The standard InChI is InChI=1S/C14H20O2/c1-3-5-6-7-8-9-10-11-12-13-14(15)16-4-2/h1,6-7,9-10H,4-5,8,11-13H2,2H3/b7-6-,10-9-. The molecule has 0 N–H and O–H groups in total. The van der Waals surface area contributed by atoms with Crippen molar-refractivity contribution >= 4 is 5.97 Å². The topological polar surface area (TPSA) is 26.3 Å². The first kappa shape index (κ1) is 14.5. The molecule has 0 aromatic heterocycles. The molecule has 0 spiro atoms. The third-order valence-corrected chi connectivity index (χ3v) is 1.90. The first-order valence-electron chi connectivity index (χ1n) is 5.70. The Kier molecular flexibility index (Phi) is 10.5. The minimum atomic E-state index is -0.107. The van der Waals surface area contributed by atoms with Crippen LogP contribution in [0.2, 0.25) is 0 Å². The van der Waals surface area contributed by atoms with Crippen molar-refractivity contribution < 1.29 is 9.53 Å². The Hall–Kier alpha value is -1.49. The van der Waals surface area contributed by atoms with E-state index in [1.165, 1.54) is 0 Å². The zero-order chi connectivity index (χ0) is 12.1. The summed E-state index contributed by atoms with van der Waals surface area (Å²) < 4.78 is 4.82. The predicted molar refractivity (Wildman–Crippen MR) is 66.8 cm³/mol. The average molecular weight is 220 g/mol. The summed E-state index contributed by atoms with van der Waals surface area (Å²) in [5, 5.41) is 0. The molecule has 0 amide bonds. The van der Waals surface area contributed by atoms with Crippen LogP contribution in [0.3, 0.4) is 0 Å². The monoisotopic (exact) mass is 220 g/mol. The van der Waals surface area contributed by atoms with Gasteiger partial charge < -0.3 is 4.74 Å². The predicted octanol–water partition coefficient (Wildman–Crippen LogP) is 3.25. The van der Waals surface area contributed by atoms with Crippen molar-refractivity contribution in [3.05, 3.63) is 24.3 Å². The highest BCUT2D eigenvalue weighted by atomic mass is 16.5. The maximum Gasteiger partial charge on any atom is 0.305 e. The molecule has 0 fully saturated rings. The van der Waals surface area contributed by atoms with Crippen molar-refractivity contribution in [3.8, 4) is 12.3 Å². The van der Waals surface area contributed by atoms with Gasteiger partial charge in [0, 0.05) is 12.8 Å². The lowest BCUT2D eigenvalue weighted by atomic mass is 10.2. The fraction of sp³-hybridized carbons (Fsp3) is 0.500. The fourth-order valence-corrected chi connectivity index (χ4v) is 1.14. The Morgan fingerprint density at radius 1 is 1.31 bits per heavy atom. The van der Waals surface area contributed by atoms with Gasteiger partial charge in [0.1, 0.15) is 0 Å². The zero-order valence-electron chi connectivity index (χ0n) is 9.95. The normalized spacial score (nSPS) is 10.8. The molecule has 0 saturated heterocycles. The van der Waals surface area contributed by atoms with Gasteiger partial charge in [-0.1, -0.05) is 24.3 Å². The van der Waals surface area contributed by atoms with Crippen LogP contribution in [-0.2, 0) is 9.53 Å². The molecular weight excluding hydrogens is 200 g/mol. The number of carbonyl (C=O) groups excluding carboxylic acids is 1. The van der Waals surface area contributed by atoms with Crippen molar-refractivity contribution in [2.45, 2.75) is 39.0 Å². The number of hydrogen-bond donors (Lipinski definition) is 0. The number of ether oxygens (including phenoxy) is 1. The Labute approximate surface area is 98.4 Å². The van der Waals surface area contributed by atoms with Crippen LogP contribution in [0.1, 0.15) is 39.0 Å². The summed E-state index contributed by atoms with van der Waals surface area (Å²) in [7, 11) is 0. The van der Waals surface area contributed by atoms with Gasteiger partial charge in [-0.2, -0.15) is 0 Å². The first-order chi connectivity index (χ1) is 7.81. The van der Waals surface area contributed by atoms with Gasteiger partial charge in [-0.3, -0.25) is 4.79 Å². The SMILES string of the molecule is C#CC/C=C\C/C=C\CCCC(=O)OCC. The van der Waals surface area contributed by atoms with E-state index in [1.807, 2.05) is 19.1 Å². The van der Waals surface area contributed by atoms with Crippen LogP contribution in [0.4, 0.5) is 0 Å². The molecule has 0 aliphatic carbocycles. The highest BCUT2D eigenvalue weighted by molar-refractivity contribution is 5.69. The Bertz CT molecular complexity index is 269. The van der Waals surface area contributed by atoms with E-state index in [0.717, 1.165) is 19.3 Å². The van der Waals surface area contributed by atoms with Crippen LogP contribution >= 0.6 is 0 Å². The van der Waals surface area contributed by atoms with Crippen molar-refractivity contribution in [3.63, 3.8) is 0 Å². The van der Waals surface area contributed by atoms with E-state index in [4.69, 9.17) is 11.2 Å². The Morgan fingerprint density at radius 2 is 2.06 bits per heavy atom. The second kappa shape index (κ2) is 11.6. The quantitative estimate of drug-likeness (QED) is 0.272. The van der Waals surface area contributed by atoms with Gasteiger partial charge in [0.2, 0.25) is 0 Å². The van der Waals surface area contributed by atoms with E-state index in [2.05, 4.69) is 18.1 Å². The maximum atomic E-state index is 11.0. The largest absolute Gasteiger partial charge is 0.466 e. The van der Waals surface area contributed by atoms with E-state index in [0.29, 0.717) is 19.4 Å². The molecule has 0 aliphatic rings. The fourth-order valence-electron chi connectivity index (χ4n) is 1.14. The summed E-state index contributed by atoms with van der Waals surface area (Å²) in [5.74, 6) is 2.43. The number of allylic oxidation sites excluding steroid dienone is 4. The van der Waals surface area contributed by atoms with E-state index < -0.39 is 0 Å². The van der Waals surface area contributed by atoms with Gasteiger partial charge in [-0.05, 0) is 26.2 Å². The highest BCUT2D eigenvalue weighted by Gasteiger charge is 1.98. The number of carbonyl (C=O) groups is 1. The number of terminal acetylenes is 1. The molecule has 0 bridgehead atoms. The van der Waals surface area contributed by atoms with Crippen molar-refractivity contribution in [1.29, 1.82) is 0 Å². The van der Waals surface area contributed by atoms with Crippen LogP contribution in [0.5, 0.6) is 0 Å². The number of hydrogen-bond acceptors (Lipinski definition) is 2. The summed E-state index contributed by atoms with van der Waals surface area (Å²) in [6, 6.07) is 0. The van der Waals surface area contributed by atoms with Gasteiger partial charge >= 0.3 is 5.97 Å². The second-order valence-corrected chi connectivity index (χ2v) is 3.28. The first-order valence-corrected chi connectivity index (χ1v) is 5.70. The lowest BCUT2D eigenvalue weighted by molar-refractivity contribution is -0.143. The molecule has 0 radical (unpaired) electrons. The molecule has 0 aromatic carbocycles. The minimum Gasteiger partial charge on any atom is -0.466 e. The van der Waals surface area contributed by atoms with Gasteiger partial charge in [0.05, 0.1) is 6.61 Å². The van der Waals surface area contributed by atoms with Gasteiger partial charge in [-0.25, -0.2) is 0 Å². The lowest BCUT2D eigenvalue weighted by Crippen LogP contribution is -2.02. The Balaban J connectivity index is 3.35. The molecule has 88 valence electrons. The van der Waals surface area contributed by atoms with E-state index in [1.54, 1.807) is 0 Å². The Morgan fingerprint density at radius 3 is 2.75 bits per heavy atom. The van der Waals surface area contributed by atoms with Crippen LogP contribution in [0, 0.1) is 12.3 Å². The molecule has 0 aromatic rings. The van der Waals surface area contributed by atoms with E-state index in [-0.39, 0.29) is 5.97 Å². The van der Waals surface area contributed by atoms with Gasteiger partial charge in [-0.15, -0.1) is 12.3 Å². The third-order valence-electron chi connectivity index (χ3n) is 1.90. The lowest BCUT2D eigenvalue weighted by Gasteiger charge is -1.98. The molecule has 0 atom stereocenters. The average Bonchev–Trinajstić information content (AvgIpc) is 2.27. The third kappa shape index (κ3) is 10.6. The molecular formula is C14H20O2. The summed E-state index contributed by atoms with van der Waals surface area (Å²) in [6.07, 6.45) is 17.2. The molecule has 2 heteroatoms. The van der Waals surface area contributed by atoms with Crippen LogP contribution < -0.4 is 0 Å². The van der Waals surface area contributed by atoms with Crippen LogP contribution in [0.15, 0.2) is 24.3 Å². The van der Waals surface area contributed by atoms with Crippen molar-refractivity contribution in [1.82, 2.24) is 0 Å². The van der Waals surface area contributed by atoms with E-state index >= 15 is 0 Å². The number of unbranched alkanes of at least 4 members (excludes halogenated alkanes) is 1. The zero-order valence-corrected chi connectivity index (χ0v) is 9.95. The van der Waals surface area contributed by atoms with Gasteiger partial charge in [0.15, 0.2) is 0 Å². The minimum absolute atomic E-state index is 0.107. The molecule has 2 nitrogen and oxygen atoms in total. The van der Waals surface area contributed by atoms with Crippen molar-refractivity contribution in [2.75, 3.05) is 6.61 Å². The van der Waals surface area contributed by atoms with Crippen LogP contribution in [-0.4, -0.2) is 12.6 Å².